The monoisotopic (exact) mass is 560 g/mol. The third-order valence-corrected chi connectivity index (χ3v) is 6.79. The Bertz CT molecular complexity index is 1540. The van der Waals surface area contributed by atoms with Crippen LogP contribution in [-0.4, -0.2) is 19.1 Å². The smallest absolute Gasteiger partial charge is 0.728 e. The van der Waals surface area contributed by atoms with Gasteiger partial charge in [-0.2, -0.15) is 15.1 Å². The van der Waals surface area contributed by atoms with Crippen LogP contribution < -0.4 is 28.0 Å². The highest BCUT2D eigenvalue weighted by Gasteiger charge is 2.42. The molecule has 12 nitrogen and oxygen atoms in total. The number of pyridine rings is 1. The minimum absolute atomic E-state index is 0.201. The maximum atomic E-state index is 13.6. The van der Waals surface area contributed by atoms with Crippen molar-refractivity contribution in [3.8, 4) is 40.9 Å². The molecule has 0 saturated carbocycles. The Morgan fingerprint density at radius 1 is 0.775 bits per heavy atom. The molecule has 13 heteroatoms. The number of aromatic nitrogens is 1. The first-order chi connectivity index (χ1) is 19.2. The van der Waals surface area contributed by atoms with Crippen molar-refractivity contribution in [3.05, 3.63) is 112 Å². The lowest BCUT2D eigenvalue weighted by Crippen LogP contribution is -2.35. The van der Waals surface area contributed by atoms with Crippen molar-refractivity contribution in [2.75, 3.05) is 14.2 Å². The van der Waals surface area contributed by atoms with Gasteiger partial charge in [0.2, 0.25) is 0 Å². The van der Waals surface area contributed by atoms with Crippen LogP contribution in [0.5, 0.6) is 28.7 Å². The molecule has 4 aromatic rings. The maximum Gasteiger partial charge on any atom is 0.728 e. The number of hydrogen-bond acceptors (Lipinski definition) is 10. The van der Waals surface area contributed by atoms with Gasteiger partial charge in [0, 0.05) is 18.2 Å². The summed E-state index contributed by atoms with van der Waals surface area (Å²) in [6, 6.07) is 23.0. The highest BCUT2D eigenvalue weighted by Crippen LogP contribution is 2.44. The second kappa shape index (κ2) is 13.3. The first-order valence-electron chi connectivity index (χ1n) is 11.3. The van der Waals surface area contributed by atoms with Crippen molar-refractivity contribution in [2.24, 2.45) is 0 Å². The summed E-state index contributed by atoms with van der Waals surface area (Å²) < 4.78 is 36.7. The predicted molar refractivity (Wildman–Crippen MR) is 139 cm³/mol. The molecule has 4 rings (SSSR count). The number of rotatable bonds is 8. The van der Waals surface area contributed by atoms with E-state index >= 15 is 0 Å². The lowest BCUT2D eigenvalue weighted by molar-refractivity contribution is -0.536. The van der Waals surface area contributed by atoms with Gasteiger partial charge in [-0.3, -0.25) is 10.1 Å². The second-order valence-corrected chi connectivity index (χ2v) is 9.39. The molecule has 0 aliphatic heterocycles. The van der Waals surface area contributed by atoms with E-state index in [1.807, 2.05) is 6.07 Å². The average Bonchev–Trinajstić information content (AvgIpc) is 2.98. The van der Waals surface area contributed by atoms with E-state index in [4.69, 9.17) is 29.0 Å². The number of benzene rings is 3. The standard InChI is InChI=1S/C20H18N2O5P.C7H4N2O3/c1-24-17-3-7-19(8-4-17)26-28(23,22-13-11-16(15-21)12-14-22)27-20-9-5-18(25-2)6-10-20;8-4-5-3-6(10)1-2-7(5)9(11)12/h3-14H,1-2H3;1-3,10H/q+1;/p-1. The fraction of sp³-hybridized carbons (Fsp3) is 0.0741. The quantitative estimate of drug-likeness (QED) is 0.169. The number of nitrogens with zero attached hydrogens (tertiary/aromatic N) is 4. The Hall–Kier alpha value is -5.58. The fourth-order valence-electron chi connectivity index (χ4n) is 3.07. The largest absolute Gasteiger partial charge is 0.872 e. The van der Waals surface area contributed by atoms with E-state index in [0.717, 1.165) is 18.2 Å². The van der Waals surface area contributed by atoms with Gasteiger partial charge in [-0.05, 0) is 54.6 Å². The molecule has 3 aromatic carbocycles. The maximum absolute atomic E-state index is 13.6. The second-order valence-electron chi connectivity index (χ2n) is 7.63. The molecule has 0 aliphatic carbocycles. The first kappa shape index (κ1) is 29.0. The molecule has 1 aromatic heterocycles. The van der Waals surface area contributed by atoms with E-state index in [9.17, 15) is 19.8 Å². The van der Waals surface area contributed by atoms with Gasteiger partial charge in [-0.15, -0.1) is 5.75 Å². The van der Waals surface area contributed by atoms with Crippen molar-refractivity contribution in [3.63, 3.8) is 0 Å². The third kappa shape index (κ3) is 7.48. The number of nitro groups is 1. The topological polar surface area (TPSA) is 172 Å². The van der Waals surface area contributed by atoms with Crippen molar-refractivity contribution >= 4 is 13.4 Å². The van der Waals surface area contributed by atoms with E-state index in [1.165, 1.54) is 28.9 Å². The minimum atomic E-state index is -3.87. The van der Waals surface area contributed by atoms with Gasteiger partial charge < -0.3 is 23.6 Å². The van der Waals surface area contributed by atoms with Crippen molar-refractivity contribution in [1.29, 1.82) is 10.5 Å². The van der Waals surface area contributed by atoms with Crippen LogP contribution in [0.4, 0.5) is 5.69 Å². The Morgan fingerprint density at radius 2 is 1.25 bits per heavy atom. The summed E-state index contributed by atoms with van der Waals surface area (Å²) in [4.78, 5) is 9.55. The van der Waals surface area contributed by atoms with Gasteiger partial charge in [0.1, 0.15) is 34.6 Å². The minimum Gasteiger partial charge on any atom is -0.872 e. The van der Waals surface area contributed by atoms with Gasteiger partial charge in [0.15, 0.2) is 12.4 Å². The van der Waals surface area contributed by atoms with Gasteiger partial charge in [0.05, 0.1) is 30.8 Å². The Kier molecular flexibility index (Phi) is 9.63. The summed E-state index contributed by atoms with van der Waals surface area (Å²) in [7, 11) is -0.756. The van der Waals surface area contributed by atoms with Gasteiger partial charge >= 0.3 is 7.75 Å². The number of methoxy groups -OCH3 is 2. The SMILES string of the molecule is COc1ccc(OP(=O)(Oc2ccc(OC)cc2)[n+]2ccc(C#N)cc2)cc1.N#Cc1cc([O-])ccc1[N+](=O)[O-]. The van der Waals surface area contributed by atoms with Crippen LogP contribution in [-0.2, 0) is 4.57 Å². The molecule has 40 heavy (non-hydrogen) atoms. The van der Waals surface area contributed by atoms with E-state index in [2.05, 4.69) is 0 Å². The van der Waals surface area contributed by atoms with Crippen LogP contribution in [0.25, 0.3) is 0 Å². The molecule has 0 spiro atoms. The Morgan fingerprint density at radius 3 is 1.65 bits per heavy atom. The average molecular weight is 560 g/mol. The Labute approximate surface area is 229 Å². The molecular formula is C27H21N4O8P. The summed E-state index contributed by atoms with van der Waals surface area (Å²) in [5.41, 5.74) is -0.110. The van der Waals surface area contributed by atoms with Crippen LogP contribution in [0.3, 0.4) is 0 Å². The predicted octanol–water partition coefficient (Wildman–Crippen LogP) is 4.52. The highest BCUT2D eigenvalue weighted by atomic mass is 31.2. The fourth-order valence-corrected chi connectivity index (χ4v) is 4.53. The number of nitriles is 2. The van der Waals surface area contributed by atoms with Crippen LogP contribution >= 0.6 is 7.75 Å². The summed E-state index contributed by atoms with van der Waals surface area (Å²) in [5, 5.41) is 38.3. The summed E-state index contributed by atoms with van der Waals surface area (Å²) in [6.07, 6.45) is 2.96. The van der Waals surface area contributed by atoms with Crippen LogP contribution in [0.1, 0.15) is 11.1 Å². The van der Waals surface area contributed by atoms with Crippen molar-refractivity contribution < 1.29 is 37.5 Å². The lowest BCUT2D eigenvalue weighted by atomic mass is 10.2. The van der Waals surface area contributed by atoms with Crippen molar-refractivity contribution in [1.82, 2.24) is 0 Å². The zero-order valence-corrected chi connectivity index (χ0v) is 22.1. The van der Waals surface area contributed by atoms with Crippen LogP contribution in [0.2, 0.25) is 0 Å². The summed E-state index contributed by atoms with van der Waals surface area (Å²) >= 11 is 0. The summed E-state index contributed by atoms with van der Waals surface area (Å²) in [5.74, 6) is 1.56. The van der Waals surface area contributed by atoms with E-state index in [0.29, 0.717) is 28.6 Å². The van der Waals surface area contributed by atoms with Crippen LogP contribution in [0, 0.1) is 32.8 Å². The molecule has 0 saturated heterocycles. The molecule has 0 fully saturated rings. The molecule has 0 amide bonds. The normalized spacial score (nSPS) is 10.1. The molecule has 0 unspecified atom stereocenters. The lowest BCUT2D eigenvalue weighted by Gasteiger charge is -2.14. The zero-order valence-electron chi connectivity index (χ0n) is 21.2. The van der Waals surface area contributed by atoms with Crippen molar-refractivity contribution in [2.45, 2.75) is 0 Å². The molecule has 1 heterocycles. The molecular weight excluding hydrogens is 539 g/mol. The molecule has 0 bridgehead atoms. The van der Waals surface area contributed by atoms with E-state index in [-0.39, 0.29) is 11.3 Å². The van der Waals surface area contributed by atoms with Crippen LogP contribution in [0.15, 0.2) is 91.3 Å². The number of ether oxygens (including phenoxy) is 2. The number of nitro benzene ring substituents is 1. The zero-order chi connectivity index (χ0) is 29.1. The number of hydrogen-bond donors (Lipinski definition) is 0. The summed E-state index contributed by atoms with van der Waals surface area (Å²) in [6.45, 7) is 0. The highest BCUT2D eigenvalue weighted by molar-refractivity contribution is 7.47. The Balaban J connectivity index is 0.000000307. The molecule has 0 atom stereocenters. The van der Waals surface area contributed by atoms with E-state index in [1.54, 1.807) is 68.8 Å². The van der Waals surface area contributed by atoms with Gasteiger partial charge in [0.25, 0.3) is 5.69 Å². The molecule has 0 radical (unpaired) electrons. The molecule has 202 valence electrons. The van der Waals surface area contributed by atoms with Gasteiger partial charge in [-0.1, -0.05) is 10.4 Å². The molecule has 0 aliphatic rings. The van der Waals surface area contributed by atoms with E-state index < -0.39 is 18.4 Å². The third-order valence-electron chi connectivity index (χ3n) is 5.07. The first-order valence-corrected chi connectivity index (χ1v) is 12.8. The molecule has 0 N–H and O–H groups in total. The van der Waals surface area contributed by atoms with Gasteiger partial charge in [-0.25, -0.2) is 0 Å².